The lowest BCUT2D eigenvalue weighted by atomic mass is 10.0. The van der Waals surface area contributed by atoms with Crippen LogP contribution in [-0.4, -0.2) is 72.2 Å². The first-order chi connectivity index (χ1) is 18.8. The number of nitrogens with zero attached hydrogens (tertiary/aromatic N) is 6. The van der Waals surface area contributed by atoms with Crippen molar-refractivity contribution in [2.24, 2.45) is 0 Å². The van der Waals surface area contributed by atoms with Crippen molar-refractivity contribution in [3.8, 4) is 11.5 Å². The highest BCUT2D eigenvalue weighted by atomic mass is 16.5. The third kappa shape index (κ3) is 4.28. The van der Waals surface area contributed by atoms with E-state index in [9.17, 15) is 14.7 Å². The van der Waals surface area contributed by atoms with Gasteiger partial charge in [-0.25, -0.2) is 9.20 Å². The fraction of sp³-hybridized carbons (Fsp3) is 0.296. The fourth-order valence-electron chi connectivity index (χ4n) is 5.27. The highest BCUT2D eigenvalue weighted by Gasteiger charge is 2.39. The van der Waals surface area contributed by atoms with Gasteiger partial charge in [-0.05, 0) is 38.0 Å². The maximum atomic E-state index is 13.5. The van der Waals surface area contributed by atoms with Crippen LogP contribution >= 0.6 is 0 Å². The number of ether oxygens (including phenoxy) is 1. The summed E-state index contributed by atoms with van der Waals surface area (Å²) in [5.74, 6) is 1.14. The number of aromatic nitrogens is 5. The summed E-state index contributed by atoms with van der Waals surface area (Å²) in [6.07, 6.45) is 6.96. The van der Waals surface area contributed by atoms with Crippen LogP contribution in [0.15, 0.2) is 53.5 Å². The SMILES string of the molecule is CNC(=O)c1c(C)oc2cc(Oc3ccnn4cc(C(=O)N5CCC(O)(Cn6ccnn6)C5)c(C)c34)ccc12. The number of furan rings is 1. The van der Waals surface area contributed by atoms with E-state index in [-0.39, 0.29) is 24.9 Å². The second kappa shape index (κ2) is 9.24. The number of benzene rings is 1. The highest BCUT2D eigenvalue weighted by Crippen LogP contribution is 2.35. The standard InChI is InChI=1S/C27H27N7O5/c1-16-20(26(36)32-10-7-27(37,14-32)15-33-11-9-29-31-33)13-34-24(16)21(6-8-30-34)39-18-4-5-19-22(12-18)38-17(2)23(19)25(35)28-3/h4-6,8-9,11-13,37H,7,10,14-15H2,1-3H3,(H,28,35). The third-order valence-electron chi connectivity index (χ3n) is 7.19. The Morgan fingerprint density at radius 3 is 2.85 bits per heavy atom. The number of hydrogen-bond donors (Lipinski definition) is 2. The van der Waals surface area contributed by atoms with Crippen LogP contribution in [0, 0.1) is 13.8 Å². The Labute approximate surface area is 222 Å². The van der Waals surface area contributed by atoms with E-state index in [2.05, 4.69) is 20.7 Å². The molecule has 1 aliphatic heterocycles. The Balaban J connectivity index is 1.27. The summed E-state index contributed by atoms with van der Waals surface area (Å²) in [5, 5.41) is 26.5. The molecule has 6 rings (SSSR count). The Kier molecular flexibility index (Phi) is 5.83. The van der Waals surface area contributed by atoms with Crippen molar-refractivity contribution in [2.45, 2.75) is 32.4 Å². The molecule has 12 heteroatoms. The van der Waals surface area contributed by atoms with Crippen molar-refractivity contribution in [3.05, 3.63) is 71.5 Å². The zero-order valence-electron chi connectivity index (χ0n) is 21.7. The number of aliphatic hydroxyl groups is 1. The first-order valence-corrected chi connectivity index (χ1v) is 12.5. The number of nitrogens with one attached hydrogen (secondary N) is 1. The van der Waals surface area contributed by atoms with Crippen molar-refractivity contribution in [2.75, 3.05) is 20.1 Å². The zero-order valence-corrected chi connectivity index (χ0v) is 21.7. The first kappa shape index (κ1) is 24.6. The Hall–Kier alpha value is -4.71. The number of likely N-dealkylation sites (tertiary alicyclic amines) is 1. The number of rotatable bonds is 6. The summed E-state index contributed by atoms with van der Waals surface area (Å²) in [4.78, 5) is 27.4. The molecular weight excluding hydrogens is 502 g/mol. The van der Waals surface area contributed by atoms with Crippen LogP contribution in [0.1, 0.15) is 38.5 Å². The number of hydrogen-bond acceptors (Lipinski definition) is 8. The number of fused-ring (bicyclic) bond motifs is 2. The fourth-order valence-corrected chi connectivity index (χ4v) is 5.27. The second-order valence-corrected chi connectivity index (χ2v) is 9.83. The van der Waals surface area contributed by atoms with Gasteiger partial charge in [0, 0.05) is 43.5 Å². The number of aryl methyl sites for hydroxylation is 2. The topological polar surface area (TPSA) is 140 Å². The van der Waals surface area contributed by atoms with Crippen LogP contribution in [0.25, 0.3) is 16.5 Å². The smallest absolute Gasteiger partial charge is 0.255 e. The van der Waals surface area contributed by atoms with Crippen LogP contribution in [0.3, 0.4) is 0 Å². The van der Waals surface area contributed by atoms with Gasteiger partial charge in [-0.3, -0.25) is 9.59 Å². The number of amides is 2. The Bertz CT molecular complexity index is 1720. The summed E-state index contributed by atoms with van der Waals surface area (Å²) >= 11 is 0. The summed E-state index contributed by atoms with van der Waals surface area (Å²) < 4.78 is 15.2. The van der Waals surface area contributed by atoms with Gasteiger partial charge in [0.15, 0.2) is 5.75 Å². The lowest BCUT2D eigenvalue weighted by molar-refractivity contribution is 0.0266. The summed E-state index contributed by atoms with van der Waals surface area (Å²) in [6, 6.07) is 7.02. The molecule has 0 saturated carbocycles. The molecule has 1 aliphatic rings. The van der Waals surface area contributed by atoms with E-state index in [0.717, 1.165) is 0 Å². The lowest BCUT2D eigenvalue weighted by Gasteiger charge is -2.23. The van der Waals surface area contributed by atoms with Gasteiger partial charge in [0.05, 0.1) is 36.6 Å². The maximum Gasteiger partial charge on any atom is 0.255 e. The van der Waals surface area contributed by atoms with Gasteiger partial charge in [0.25, 0.3) is 11.8 Å². The Morgan fingerprint density at radius 2 is 2.08 bits per heavy atom. The van der Waals surface area contributed by atoms with Crippen molar-refractivity contribution >= 4 is 28.3 Å². The summed E-state index contributed by atoms with van der Waals surface area (Å²) in [5.41, 5.74) is 1.79. The van der Waals surface area contributed by atoms with Gasteiger partial charge in [0.1, 0.15) is 28.2 Å². The molecule has 2 N–H and O–H groups in total. The molecule has 1 aromatic carbocycles. The molecule has 2 amide bonds. The van der Waals surface area contributed by atoms with Crippen LogP contribution < -0.4 is 10.1 Å². The number of β-amino-alcohol motifs (C(OH)–C–C–N with tert-alkyl or cyclic N) is 1. The molecule has 1 fully saturated rings. The lowest BCUT2D eigenvalue weighted by Crippen LogP contribution is -2.39. The van der Waals surface area contributed by atoms with Crippen LogP contribution in [0.5, 0.6) is 11.5 Å². The number of carbonyl (C=O) groups excluding carboxylic acids is 2. The molecule has 0 spiro atoms. The average molecular weight is 530 g/mol. The summed E-state index contributed by atoms with van der Waals surface area (Å²) in [6.45, 7) is 4.47. The van der Waals surface area contributed by atoms with Crippen LogP contribution in [-0.2, 0) is 6.54 Å². The van der Waals surface area contributed by atoms with Crippen molar-refractivity contribution in [3.63, 3.8) is 0 Å². The normalized spacial score (nSPS) is 17.3. The maximum absolute atomic E-state index is 13.5. The molecule has 4 aromatic heterocycles. The molecular formula is C27H27N7O5. The van der Waals surface area contributed by atoms with E-state index < -0.39 is 5.60 Å². The molecule has 0 bridgehead atoms. The van der Waals surface area contributed by atoms with Crippen molar-refractivity contribution < 1.29 is 23.8 Å². The average Bonchev–Trinajstić information content (AvgIpc) is 3.70. The molecule has 12 nitrogen and oxygen atoms in total. The van der Waals surface area contributed by atoms with Gasteiger partial charge in [0.2, 0.25) is 0 Å². The molecule has 1 atom stereocenters. The van der Waals surface area contributed by atoms with Crippen molar-refractivity contribution in [1.29, 1.82) is 0 Å². The van der Waals surface area contributed by atoms with E-state index in [1.807, 2.05) is 6.92 Å². The van der Waals surface area contributed by atoms with E-state index in [4.69, 9.17) is 9.15 Å². The van der Waals surface area contributed by atoms with E-state index in [1.54, 1.807) is 77.1 Å². The quantitative estimate of drug-likeness (QED) is 0.342. The largest absolute Gasteiger partial charge is 0.460 e. The molecule has 1 unspecified atom stereocenters. The molecule has 0 radical (unpaired) electrons. The Morgan fingerprint density at radius 1 is 1.23 bits per heavy atom. The zero-order chi connectivity index (χ0) is 27.3. The van der Waals surface area contributed by atoms with Gasteiger partial charge >= 0.3 is 0 Å². The second-order valence-electron chi connectivity index (χ2n) is 9.83. The molecule has 39 heavy (non-hydrogen) atoms. The minimum atomic E-state index is -1.08. The van der Waals surface area contributed by atoms with E-state index in [1.165, 1.54) is 0 Å². The van der Waals surface area contributed by atoms with Gasteiger partial charge < -0.3 is 24.5 Å². The van der Waals surface area contributed by atoms with Gasteiger partial charge in [-0.2, -0.15) is 5.10 Å². The summed E-state index contributed by atoms with van der Waals surface area (Å²) in [7, 11) is 1.58. The van der Waals surface area contributed by atoms with Crippen LogP contribution in [0.4, 0.5) is 0 Å². The minimum absolute atomic E-state index is 0.187. The highest BCUT2D eigenvalue weighted by molar-refractivity contribution is 6.07. The molecule has 1 saturated heterocycles. The monoisotopic (exact) mass is 529 g/mol. The first-order valence-electron chi connectivity index (χ1n) is 12.5. The number of carbonyl (C=O) groups is 2. The minimum Gasteiger partial charge on any atom is -0.460 e. The van der Waals surface area contributed by atoms with E-state index >= 15 is 0 Å². The predicted octanol–water partition coefficient (Wildman–Crippen LogP) is 2.72. The van der Waals surface area contributed by atoms with Crippen LogP contribution in [0.2, 0.25) is 0 Å². The van der Waals surface area contributed by atoms with E-state index in [0.29, 0.717) is 63.4 Å². The predicted molar refractivity (Wildman–Crippen MR) is 140 cm³/mol. The van der Waals surface area contributed by atoms with Gasteiger partial charge in [-0.15, -0.1) is 5.10 Å². The third-order valence-corrected chi connectivity index (χ3v) is 7.19. The molecule has 5 heterocycles. The molecule has 0 aliphatic carbocycles. The van der Waals surface area contributed by atoms with Crippen molar-refractivity contribution in [1.82, 2.24) is 34.8 Å². The van der Waals surface area contributed by atoms with Gasteiger partial charge in [-0.1, -0.05) is 5.21 Å². The molecule has 5 aromatic rings. The molecule has 200 valence electrons.